The number of halogens is 3. The van der Waals surface area contributed by atoms with Gasteiger partial charge in [-0.05, 0) is 40.2 Å². The summed E-state index contributed by atoms with van der Waals surface area (Å²) in [4.78, 5) is 20.1. The van der Waals surface area contributed by atoms with Crippen LogP contribution in [0.1, 0.15) is 10.5 Å². The van der Waals surface area contributed by atoms with Gasteiger partial charge in [-0.1, -0.05) is 17.7 Å². The second kappa shape index (κ2) is 6.58. The van der Waals surface area contributed by atoms with Crippen molar-refractivity contribution in [3.8, 4) is 11.5 Å². The fourth-order valence-corrected chi connectivity index (χ4v) is 2.50. The first kappa shape index (κ1) is 16.4. The highest BCUT2D eigenvalue weighted by Gasteiger charge is 2.19. The zero-order valence-corrected chi connectivity index (χ0v) is 14.2. The van der Waals surface area contributed by atoms with Crippen LogP contribution in [0.2, 0.25) is 5.02 Å². The van der Waals surface area contributed by atoms with Crippen molar-refractivity contribution in [2.75, 3.05) is 11.1 Å². The summed E-state index contributed by atoms with van der Waals surface area (Å²) in [6, 6.07) is 7.39. The lowest BCUT2D eigenvalue weighted by molar-refractivity contribution is 0.102. The summed E-state index contributed by atoms with van der Waals surface area (Å²) < 4.78 is 19.6. The number of hydrogen-bond acceptors (Lipinski definition) is 5. The van der Waals surface area contributed by atoms with Gasteiger partial charge in [0.1, 0.15) is 22.5 Å². The number of hydrogen-bond donors (Lipinski definition) is 2. The second-order valence-electron chi connectivity index (χ2n) is 4.66. The monoisotopic (exact) mass is 410 g/mol. The second-order valence-corrected chi connectivity index (χ2v) is 5.88. The Morgan fingerprint density at radius 3 is 2.79 bits per heavy atom. The van der Waals surface area contributed by atoms with E-state index in [1.165, 1.54) is 18.2 Å². The molecule has 2 aromatic heterocycles. The smallest absolute Gasteiger partial charge is 0.277 e. The number of pyridine rings is 1. The lowest BCUT2D eigenvalue weighted by atomic mass is 10.2. The van der Waals surface area contributed by atoms with Crippen LogP contribution >= 0.6 is 27.5 Å². The van der Waals surface area contributed by atoms with Gasteiger partial charge in [0.15, 0.2) is 5.69 Å². The van der Waals surface area contributed by atoms with E-state index < -0.39 is 11.7 Å². The van der Waals surface area contributed by atoms with Crippen LogP contribution in [0, 0.1) is 5.82 Å². The summed E-state index contributed by atoms with van der Waals surface area (Å²) in [5, 5.41) is 2.68. The molecule has 0 aliphatic rings. The van der Waals surface area contributed by atoms with Crippen LogP contribution in [0.25, 0.3) is 11.5 Å². The van der Waals surface area contributed by atoms with Crippen molar-refractivity contribution in [2.24, 2.45) is 0 Å². The molecule has 0 fully saturated rings. The van der Waals surface area contributed by atoms with Crippen molar-refractivity contribution in [3.63, 3.8) is 0 Å². The van der Waals surface area contributed by atoms with E-state index in [0.717, 1.165) is 6.26 Å². The van der Waals surface area contributed by atoms with Crippen molar-refractivity contribution >= 4 is 44.9 Å². The molecule has 122 valence electrons. The van der Waals surface area contributed by atoms with E-state index in [1.54, 1.807) is 12.1 Å². The van der Waals surface area contributed by atoms with Gasteiger partial charge in [-0.25, -0.2) is 14.4 Å². The average molecular weight is 412 g/mol. The third-order valence-electron chi connectivity index (χ3n) is 3.05. The van der Waals surface area contributed by atoms with Crippen molar-refractivity contribution < 1.29 is 13.6 Å². The molecule has 0 radical (unpaired) electrons. The molecule has 0 saturated carbocycles. The molecule has 0 saturated heterocycles. The minimum atomic E-state index is -0.599. The number of carbonyl (C=O) groups excluding carboxylic acids is 1. The van der Waals surface area contributed by atoms with Gasteiger partial charge in [-0.2, -0.15) is 0 Å². The summed E-state index contributed by atoms with van der Waals surface area (Å²) in [5.41, 5.74) is 5.97. The van der Waals surface area contributed by atoms with Crippen LogP contribution in [0.3, 0.4) is 0 Å². The normalized spacial score (nSPS) is 10.6. The fraction of sp³-hybridized carbons (Fsp3) is 0. The van der Waals surface area contributed by atoms with E-state index in [2.05, 4.69) is 31.2 Å². The molecular formula is C15H9BrClFN4O2. The number of amides is 1. The highest BCUT2D eigenvalue weighted by atomic mass is 79.9. The van der Waals surface area contributed by atoms with E-state index in [-0.39, 0.29) is 28.0 Å². The molecule has 3 rings (SSSR count). The van der Waals surface area contributed by atoms with E-state index in [9.17, 15) is 9.18 Å². The highest BCUT2D eigenvalue weighted by Crippen LogP contribution is 2.30. The van der Waals surface area contributed by atoms with Gasteiger partial charge in [0.25, 0.3) is 5.91 Å². The molecular weight excluding hydrogens is 403 g/mol. The molecule has 0 spiro atoms. The molecule has 0 atom stereocenters. The van der Waals surface area contributed by atoms with E-state index in [1.807, 2.05) is 0 Å². The number of nitrogens with zero attached hydrogens (tertiary/aromatic N) is 2. The summed E-state index contributed by atoms with van der Waals surface area (Å²) >= 11 is 9.12. The Labute approximate surface area is 149 Å². The Balaban J connectivity index is 1.86. The minimum absolute atomic E-state index is 0.0111. The van der Waals surface area contributed by atoms with Crippen LogP contribution < -0.4 is 11.1 Å². The first-order valence-electron chi connectivity index (χ1n) is 6.59. The number of nitrogens with two attached hydrogens (primary N) is 1. The maximum absolute atomic E-state index is 13.9. The average Bonchev–Trinajstić information content (AvgIpc) is 2.99. The topological polar surface area (TPSA) is 94.0 Å². The SMILES string of the molecule is Nc1nc(Br)ccc1NC(=O)c1coc(-c2c(F)cccc2Cl)n1. The summed E-state index contributed by atoms with van der Waals surface area (Å²) in [6.45, 7) is 0. The summed E-state index contributed by atoms with van der Waals surface area (Å²) in [5.74, 6) is -1.13. The van der Waals surface area contributed by atoms with Gasteiger partial charge in [0.05, 0.1) is 16.3 Å². The summed E-state index contributed by atoms with van der Waals surface area (Å²) in [7, 11) is 0. The molecule has 3 aromatic rings. The van der Waals surface area contributed by atoms with Crippen molar-refractivity contribution in [2.45, 2.75) is 0 Å². The molecule has 1 amide bonds. The predicted molar refractivity (Wildman–Crippen MR) is 91.2 cm³/mol. The van der Waals surface area contributed by atoms with Crippen LogP contribution in [0.4, 0.5) is 15.9 Å². The Kier molecular flexibility index (Phi) is 4.50. The predicted octanol–water partition coefficient (Wildman–Crippen LogP) is 4.13. The summed E-state index contributed by atoms with van der Waals surface area (Å²) in [6.07, 6.45) is 1.11. The van der Waals surface area contributed by atoms with Gasteiger partial charge in [0, 0.05) is 0 Å². The molecule has 9 heteroatoms. The van der Waals surface area contributed by atoms with Crippen molar-refractivity contribution in [1.29, 1.82) is 0 Å². The fourth-order valence-electron chi connectivity index (χ4n) is 1.94. The number of aromatic nitrogens is 2. The third-order valence-corrected chi connectivity index (χ3v) is 3.81. The lowest BCUT2D eigenvalue weighted by Gasteiger charge is -2.05. The molecule has 0 aliphatic carbocycles. The quantitative estimate of drug-likeness (QED) is 0.632. The van der Waals surface area contributed by atoms with Gasteiger partial charge >= 0.3 is 0 Å². The Morgan fingerprint density at radius 1 is 1.29 bits per heavy atom. The lowest BCUT2D eigenvalue weighted by Crippen LogP contribution is -2.14. The maximum atomic E-state index is 13.9. The van der Waals surface area contributed by atoms with E-state index in [4.69, 9.17) is 21.8 Å². The minimum Gasteiger partial charge on any atom is -0.443 e. The van der Waals surface area contributed by atoms with Crippen LogP contribution in [-0.2, 0) is 0 Å². The Morgan fingerprint density at radius 2 is 2.08 bits per heavy atom. The number of nitrogen functional groups attached to an aromatic ring is 1. The molecule has 24 heavy (non-hydrogen) atoms. The largest absolute Gasteiger partial charge is 0.443 e. The van der Waals surface area contributed by atoms with Gasteiger partial charge in [-0.15, -0.1) is 0 Å². The van der Waals surface area contributed by atoms with Crippen LogP contribution in [-0.4, -0.2) is 15.9 Å². The van der Waals surface area contributed by atoms with Crippen molar-refractivity contribution in [3.05, 3.63) is 57.7 Å². The maximum Gasteiger partial charge on any atom is 0.277 e. The van der Waals surface area contributed by atoms with Gasteiger partial charge in [0.2, 0.25) is 5.89 Å². The Bertz CT molecular complexity index is 911. The first-order valence-corrected chi connectivity index (χ1v) is 7.76. The zero-order valence-electron chi connectivity index (χ0n) is 11.9. The van der Waals surface area contributed by atoms with E-state index >= 15 is 0 Å². The molecule has 3 N–H and O–H groups in total. The number of oxazole rings is 1. The van der Waals surface area contributed by atoms with Crippen molar-refractivity contribution in [1.82, 2.24) is 9.97 Å². The van der Waals surface area contributed by atoms with Gasteiger partial charge in [-0.3, -0.25) is 4.79 Å². The molecule has 2 heterocycles. The number of nitrogens with one attached hydrogen (secondary N) is 1. The zero-order chi connectivity index (χ0) is 17.3. The number of carbonyl (C=O) groups is 1. The third kappa shape index (κ3) is 3.24. The van der Waals surface area contributed by atoms with E-state index in [0.29, 0.717) is 10.3 Å². The standard InChI is InChI=1S/C15H9BrClFN4O2/c16-11-5-4-9(13(19)22-11)20-14(23)10-6-24-15(21-10)12-7(17)2-1-3-8(12)18/h1-6H,(H2,19,22)(H,20,23). The number of benzene rings is 1. The molecule has 6 nitrogen and oxygen atoms in total. The molecule has 1 aromatic carbocycles. The Hall–Kier alpha value is -2.45. The first-order chi connectivity index (χ1) is 11.5. The number of anilines is 2. The molecule has 0 bridgehead atoms. The van der Waals surface area contributed by atoms with Gasteiger partial charge < -0.3 is 15.5 Å². The highest BCUT2D eigenvalue weighted by molar-refractivity contribution is 9.10. The van der Waals surface area contributed by atoms with Crippen LogP contribution in [0.5, 0.6) is 0 Å². The van der Waals surface area contributed by atoms with Crippen LogP contribution in [0.15, 0.2) is 45.6 Å². The number of rotatable bonds is 3. The molecule has 0 aliphatic heterocycles. The molecule has 0 unspecified atom stereocenters.